The van der Waals surface area contributed by atoms with Gasteiger partial charge in [0.25, 0.3) is 0 Å². The fourth-order valence-electron chi connectivity index (χ4n) is 3.69. The summed E-state index contributed by atoms with van der Waals surface area (Å²) in [5, 5.41) is 7.50. The van der Waals surface area contributed by atoms with Crippen LogP contribution in [0, 0.1) is 0 Å². The molecule has 1 saturated heterocycles. The van der Waals surface area contributed by atoms with Crippen LogP contribution in [-0.4, -0.2) is 52.9 Å². The van der Waals surface area contributed by atoms with Crippen LogP contribution in [0.3, 0.4) is 0 Å². The van der Waals surface area contributed by atoms with Crippen molar-refractivity contribution in [3.8, 4) is 11.4 Å². The molecule has 1 aliphatic carbocycles. The van der Waals surface area contributed by atoms with E-state index in [1.807, 2.05) is 12.1 Å². The molecule has 2 aliphatic rings. The van der Waals surface area contributed by atoms with E-state index in [2.05, 4.69) is 20.4 Å². The Kier molecular flexibility index (Phi) is 4.94. The normalized spacial score (nSPS) is 21.4. The highest BCUT2D eigenvalue weighted by molar-refractivity contribution is 5.69. The van der Waals surface area contributed by atoms with E-state index < -0.39 is 0 Å². The molecular formula is C18H25N5O2. The van der Waals surface area contributed by atoms with E-state index in [1.54, 1.807) is 13.3 Å². The third-order valence-electron chi connectivity index (χ3n) is 5.21. The second-order valence-corrected chi connectivity index (χ2v) is 6.76. The van der Waals surface area contributed by atoms with Gasteiger partial charge >= 0.3 is 0 Å². The van der Waals surface area contributed by atoms with Crippen molar-refractivity contribution in [2.45, 2.75) is 44.2 Å². The average Bonchev–Trinajstić information content (AvgIpc) is 3.23. The minimum Gasteiger partial charge on any atom is -0.383 e. The third-order valence-corrected chi connectivity index (χ3v) is 5.21. The van der Waals surface area contributed by atoms with Crippen molar-refractivity contribution in [2.75, 3.05) is 32.1 Å². The van der Waals surface area contributed by atoms with E-state index in [0.717, 1.165) is 30.2 Å². The minimum absolute atomic E-state index is 0.271. The van der Waals surface area contributed by atoms with Crippen molar-refractivity contribution in [3.63, 3.8) is 0 Å². The Morgan fingerprint density at radius 1 is 1.32 bits per heavy atom. The van der Waals surface area contributed by atoms with Crippen molar-refractivity contribution in [3.05, 3.63) is 24.2 Å². The number of aromatic nitrogens is 3. The Bertz CT molecular complexity index is 700. The summed E-state index contributed by atoms with van der Waals surface area (Å²) in [6.45, 7) is 2.44. The molecule has 0 amide bonds. The molecule has 4 rings (SSSR count). The number of ether oxygens (including phenoxy) is 1. The van der Waals surface area contributed by atoms with Gasteiger partial charge in [-0.15, -0.1) is 0 Å². The highest BCUT2D eigenvalue weighted by Crippen LogP contribution is 2.39. The molecule has 25 heavy (non-hydrogen) atoms. The molecule has 0 aromatic carbocycles. The molecule has 134 valence electrons. The molecule has 7 nitrogen and oxygen atoms in total. The first-order valence-corrected chi connectivity index (χ1v) is 9.14. The number of pyridine rings is 1. The summed E-state index contributed by atoms with van der Waals surface area (Å²) < 4.78 is 10.7. The van der Waals surface area contributed by atoms with Gasteiger partial charge in [0.1, 0.15) is 5.82 Å². The van der Waals surface area contributed by atoms with E-state index in [4.69, 9.17) is 14.2 Å². The maximum atomic E-state index is 5.65. The molecule has 7 heteroatoms. The van der Waals surface area contributed by atoms with Crippen molar-refractivity contribution in [1.29, 1.82) is 0 Å². The molecule has 0 bridgehead atoms. The number of methoxy groups -OCH3 is 1. The van der Waals surface area contributed by atoms with Gasteiger partial charge < -0.3 is 14.6 Å². The monoisotopic (exact) mass is 343 g/mol. The van der Waals surface area contributed by atoms with Crippen LogP contribution in [-0.2, 0) is 4.74 Å². The smallest absolute Gasteiger partial charge is 0.244 e. The van der Waals surface area contributed by atoms with Gasteiger partial charge in [0.15, 0.2) is 0 Å². The summed E-state index contributed by atoms with van der Waals surface area (Å²) in [6.07, 6.45) is 8.01. The molecule has 2 aromatic rings. The Balaban J connectivity index is 1.53. The van der Waals surface area contributed by atoms with Crippen LogP contribution in [0.4, 0.5) is 5.82 Å². The molecule has 1 atom stereocenters. The zero-order chi connectivity index (χ0) is 17.1. The van der Waals surface area contributed by atoms with Crippen LogP contribution in [0.2, 0.25) is 0 Å². The number of nitrogens with one attached hydrogen (secondary N) is 1. The van der Waals surface area contributed by atoms with E-state index in [0.29, 0.717) is 25.0 Å². The largest absolute Gasteiger partial charge is 0.383 e. The SMILES string of the molecule is COCCNc1ncccc1-c1noc([C@@H]2CCCN2C2CCC2)n1. The standard InChI is InChI=1S/C18H25N5O2/c1-24-12-10-20-16-14(7-3-9-19-16)17-21-18(25-22-17)15-8-4-11-23(15)13-5-2-6-13/h3,7,9,13,15H,2,4-6,8,10-12H2,1H3,(H,19,20)/t15-/m0/s1. The number of rotatable bonds is 7. The first-order valence-electron chi connectivity index (χ1n) is 9.14. The second-order valence-electron chi connectivity index (χ2n) is 6.76. The maximum absolute atomic E-state index is 5.65. The number of likely N-dealkylation sites (tertiary alicyclic amines) is 1. The highest BCUT2D eigenvalue weighted by atomic mass is 16.5. The first-order chi connectivity index (χ1) is 12.4. The van der Waals surface area contributed by atoms with E-state index in [-0.39, 0.29) is 6.04 Å². The van der Waals surface area contributed by atoms with Crippen LogP contribution in [0.15, 0.2) is 22.9 Å². The number of hydrogen-bond acceptors (Lipinski definition) is 7. The quantitative estimate of drug-likeness (QED) is 0.775. The van der Waals surface area contributed by atoms with Crippen molar-refractivity contribution >= 4 is 5.82 Å². The van der Waals surface area contributed by atoms with Crippen LogP contribution >= 0.6 is 0 Å². The topological polar surface area (TPSA) is 76.3 Å². The van der Waals surface area contributed by atoms with Gasteiger partial charge in [0, 0.05) is 25.9 Å². The van der Waals surface area contributed by atoms with Gasteiger partial charge in [0.05, 0.1) is 18.2 Å². The summed E-state index contributed by atoms with van der Waals surface area (Å²) in [7, 11) is 1.68. The van der Waals surface area contributed by atoms with Crippen LogP contribution in [0.1, 0.15) is 44.0 Å². The van der Waals surface area contributed by atoms with Gasteiger partial charge in [-0.1, -0.05) is 11.6 Å². The number of nitrogens with zero attached hydrogens (tertiary/aromatic N) is 4. The first kappa shape index (κ1) is 16.5. The minimum atomic E-state index is 0.271. The molecule has 0 spiro atoms. The summed E-state index contributed by atoms with van der Waals surface area (Å²) in [5.41, 5.74) is 0.863. The molecule has 1 aliphatic heterocycles. The lowest BCUT2D eigenvalue weighted by atomic mass is 9.91. The van der Waals surface area contributed by atoms with Gasteiger partial charge in [0.2, 0.25) is 11.7 Å². The van der Waals surface area contributed by atoms with Crippen molar-refractivity contribution in [2.24, 2.45) is 0 Å². The Morgan fingerprint density at radius 2 is 2.24 bits per heavy atom. The Hall–Kier alpha value is -1.99. The van der Waals surface area contributed by atoms with Crippen molar-refractivity contribution < 1.29 is 9.26 Å². The number of anilines is 1. The third kappa shape index (κ3) is 3.39. The molecule has 3 heterocycles. The zero-order valence-electron chi connectivity index (χ0n) is 14.6. The predicted molar refractivity (Wildman–Crippen MR) is 94.2 cm³/mol. The van der Waals surface area contributed by atoms with E-state index in [9.17, 15) is 0 Å². The molecule has 2 aromatic heterocycles. The lowest BCUT2D eigenvalue weighted by Gasteiger charge is -2.37. The van der Waals surface area contributed by atoms with Crippen molar-refractivity contribution in [1.82, 2.24) is 20.0 Å². The zero-order valence-corrected chi connectivity index (χ0v) is 14.6. The van der Waals surface area contributed by atoms with E-state index >= 15 is 0 Å². The Labute approximate surface area is 147 Å². The lowest BCUT2D eigenvalue weighted by Crippen LogP contribution is -2.39. The van der Waals surface area contributed by atoms with Gasteiger partial charge in [-0.3, -0.25) is 4.90 Å². The molecule has 0 radical (unpaired) electrons. The fourth-order valence-corrected chi connectivity index (χ4v) is 3.69. The molecule has 2 fully saturated rings. The molecular weight excluding hydrogens is 318 g/mol. The predicted octanol–water partition coefficient (Wildman–Crippen LogP) is 2.88. The lowest BCUT2D eigenvalue weighted by molar-refractivity contribution is 0.0966. The molecule has 1 saturated carbocycles. The van der Waals surface area contributed by atoms with E-state index in [1.165, 1.54) is 25.7 Å². The maximum Gasteiger partial charge on any atom is 0.244 e. The average molecular weight is 343 g/mol. The van der Waals surface area contributed by atoms with Gasteiger partial charge in [-0.05, 0) is 44.4 Å². The summed E-state index contributed by atoms with van der Waals surface area (Å²) in [4.78, 5) is 11.7. The fraction of sp³-hybridized carbons (Fsp3) is 0.611. The second kappa shape index (κ2) is 7.49. The molecule has 0 unspecified atom stereocenters. The highest BCUT2D eigenvalue weighted by Gasteiger charge is 2.37. The summed E-state index contributed by atoms with van der Waals surface area (Å²) in [5.74, 6) is 2.10. The Morgan fingerprint density at radius 3 is 3.04 bits per heavy atom. The summed E-state index contributed by atoms with van der Waals surface area (Å²) >= 11 is 0. The van der Waals surface area contributed by atoms with Gasteiger partial charge in [-0.2, -0.15) is 4.98 Å². The van der Waals surface area contributed by atoms with Crippen LogP contribution < -0.4 is 5.32 Å². The number of hydrogen-bond donors (Lipinski definition) is 1. The molecule has 1 N–H and O–H groups in total. The van der Waals surface area contributed by atoms with Crippen LogP contribution in [0.5, 0.6) is 0 Å². The summed E-state index contributed by atoms with van der Waals surface area (Å²) in [6, 6.07) is 4.83. The van der Waals surface area contributed by atoms with Gasteiger partial charge in [-0.25, -0.2) is 4.98 Å². The van der Waals surface area contributed by atoms with Crippen LogP contribution in [0.25, 0.3) is 11.4 Å².